The van der Waals surface area contributed by atoms with E-state index in [2.05, 4.69) is 23.8 Å². The largest absolute Gasteiger partial charge is 0.429 e. The van der Waals surface area contributed by atoms with Crippen molar-refractivity contribution in [2.75, 3.05) is 0 Å². The molecule has 0 radical (unpaired) electrons. The van der Waals surface area contributed by atoms with E-state index in [0.29, 0.717) is 17.9 Å². The molecule has 0 heterocycles. The number of halogens is 4. The van der Waals surface area contributed by atoms with Crippen molar-refractivity contribution in [2.24, 2.45) is 23.7 Å². The number of benzene rings is 1. The van der Waals surface area contributed by atoms with Gasteiger partial charge in [0.2, 0.25) is 0 Å². The third-order valence-electron chi connectivity index (χ3n) is 7.94. The van der Waals surface area contributed by atoms with Crippen LogP contribution in [0.15, 0.2) is 24.3 Å². The Labute approximate surface area is 197 Å². The molecule has 0 spiro atoms. The molecule has 0 atom stereocenters. The second-order valence-corrected chi connectivity index (χ2v) is 10.2. The fourth-order valence-electron chi connectivity index (χ4n) is 6.03. The molecule has 1 nitrogen and oxygen atoms in total. The summed E-state index contributed by atoms with van der Waals surface area (Å²) in [5.41, 5.74) is 0.511. The van der Waals surface area contributed by atoms with E-state index in [9.17, 15) is 17.6 Å². The van der Waals surface area contributed by atoms with E-state index in [4.69, 9.17) is 0 Å². The summed E-state index contributed by atoms with van der Waals surface area (Å²) in [6, 6.07) is 2.26. The summed E-state index contributed by atoms with van der Waals surface area (Å²) in [5.74, 6) is 0.132. The molecular weight excluding hydrogens is 428 g/mol. The van der Waals surface area contributed by atoms with Crippen LogP contribution in [0, 0.1) is 35.3 Å². The van der Waals surface area contributed by atoms with Crippen molar-refractivity contribution in [2.45, 2.75) is 103 Å². The molecule has 0 amide bonds. The van der Waals surface area contributed by atoms with E-state index in [1.807, 2.05) is 0 Å². The highest BCUT2D eigenvalue weighted by molar-refractivity contribution is 5.31. The molecule has 33 heavy (non-hydrogen) atoms. The Morgan fingerprint density at radius 2 is 1.39 bits per heavy atom. The van der Waals surface area contributed by atoms with Crippen LogP contribution in [-0.4, -0.2) is 6.61 Å². The summed E-state index contributed by atoms with van der Waals surface area (Å²) in [4.78, 5) is 0. The normalized spacial score (nSPS) is 26.2. The van der Waals surface area contributed by atoms with Gasteiger partial charge in [0, 0.05) is 0 Å². The lowest BCUT2D eigenvalue weighted by molar-refractivity contribution is -0.0546. The zero-order chi connectivity index (χ0) is 23.6. The predicted octanol–water partition coefficient (Wildman–Crippen LogP) is 9.25. The van der Waals surface area contributed by atoms with Crippen LogP contribution in [0.3, 0.4) is 0 Å². The number of aryl methyl sites for hydroxylation is 1. The van der Waals surface area contributed by atoms with Gasteiger partial charge in [0.05, 0.1) is 0 Å². The first-order valence-corrected chi connectivity index (χ1v) is 13.0. The maximum absolute atomic E-state index is 13.9. The minimum Gasteiger partial charge on any atom is -0.429 e. The van der Waals surface area contributed by atoms with Crippen LogP contribution in [0.5, 0.6) is 5.75 Å². The summed E-state index contributed by atoms with van der Waals surface area (Å²) in [6.07, 6.45) is 21.6. The molecule has 0 bridgehead atoms. The molecule has 2 aliphatic carbocycles. The van der Waals surface area contributed by atoms with Crippen molar-refractivity contribution in [1.29, 1.82) is 0 Å². The molecular formula is C28H40F4O. The van der Waals surface area contributed by atoms with E-state index in [1.54, 1.807) is 0 Å². The lowest BCUT2D eigenvalue weighted by atomic mass is 9.68. The topological polar surface area (TPSA) is 9.23 Å². The maximum atomic E-state index is 13.9. The number of hydrogen-bond donors (Lipinski definition) is 0. The Bertz CT molecular complexity index is 708. The molecule has 0 aromatic heterocycles. The zero-order valence-corrected chi connectivity index (χ0v) is 20.0. The van der Waals surface area contributed by atoms with Gasteiger partial charge in [0.15, 0.2) is 17.4 Å². The van der Waals surface area contributed by atoms with E-state index in [1.165, 1.54) is 70.6 Å². The van der Waals surface area contributed by atoms with E-state index in [-0.39, 0.29) is 0 Å². The number of ether oxygens (including phenoxy) is 1. The van der Waals surface area contributed by atoms with Crippen LogP contribution >= 0.6 is 0 Å². The number of alkyl halides is 2. The van der Waals surface area contributed by atoms with Gasteiger partial charge in [-0.1, -0.05) is 51.2 Å². The quantitative estimate of drug-likeness (QED) is 0.179. The van der Waals surface area contributed by atoms with Crippen molar-refractivity contribution < 1.29 is 22.3 Å². The van der Waals surface area contributed by atoms with Gasteiger partial charge in [-0.15, -0.1) is 0 Å². The number of allylic oxidation sites excluding steroid dienone is 2. The Morgan fingerprint density at radius 1 is 0.848 bits per heavy atom. The van der Waals surface area contributed by atoms with Crippen LogP contribution in [0.25, 0.3) is 0 Å². The monoisotopic (exact) mass is 468 g/mol. The van der Waals surface area contributed by atoms with Gasteiger partial charge in [-0.05, 0) is 99.2 Å². The van der Waals surface area contributed by atoms with Gasteiger partial charge in [0.25, 0.3) is 0 Å². The molecule has 3 rings (SSSR count). The highest BCUT2D eigenvalue weighted by Crippen LogP contribution is 2.43. The third kappa shape index (κ3) is 8.33. The average Bonchev–Trinajstić information content (AvgIpc) is 2.81. The highest BCUT2D eigenvalue weighted by Gasteiger charge is 2.30. The molecule has 0 saturated heterocycles. The van der Waals surface area contributed by atoms with Gasteiger partial charge in [0.1, 0.15) is 0 Å². The van der Waals surface area contributed by atoms with Crippen molar-refractivity contribution in [3.63, 3.8) is 0 Å². The van der Waals surface area contributed by atoms with Crippen molar-refractivity contribution in [3.05, 3.63) is 41.5 Å². The standard InChI is InChI=1S/C28H40F4O/c1-2-3-4-5-6-7-20-10-14-23(15-11-20)24-16-12-21(13-17-24)8-9-22-18-25(29)27(26(30)19-22)33-28(31)32/h3-4,18-21,23-24,28H,2,5-17H2,1H3/b4-3+/t20-,21-,23-,24-. The fraction of sp³-hybridized carbons (Fsp3) is 0.714. The molecule has 2 saturated carbocycles. The molecule has 0 aliphatic heterocycles. The maximum Gasteiger partial charge on any atom is 0.387 e. The summed E-state index contributed by atoms with van der Waals surface area (Å²) in [5, 5.41) is 0. The third-order valence-corrected chi connectivity index (χ3v) is 7.94. The van der Waals surface area contributed by atoms with Crippen LogP contribution in [0.4, 0.5) is 17.6 Å². The lowest BCUT2D eigenvalue weighted by Gasteiger charge is -2.38. The first-order chi connectivity index (χ1) is 16.0. The van der Waals surface area contributed by atoms with Crippen LogP contribution in [0.2, 0.25) is 0 Å². The van der Waals surface area contributed by atoms with Crippen LogP contribution in [0.1, 0.15) is 96.0 Å². The number of unbranched alkanes of at least 4 members (excludes halogenated alkanes) is 1. The first kappa shape index (κ1) is 26.1. The van der Waals surface area contributed by atoms with Gasteiger partial charge >= 0.3 is 6.61 Å². The minimum absolute atomic E-state index is 0.511. The molecule has 5 heteroatoms. The van der Waals surface area contributed by atoms with E-state index < -0.39 is 24.0 Å². The Morgan fingerprint density at radius 3 is 1.91 bits per heavy atom. The molecule has 0 N–H and O–H groups in total. The molecule has 186 valence electrons. The van der Waals surface area contributed by atoms with Gasteiger partial charge in [-0.2, -0.15) is 8.78 Å². The van der Waals surface area contributed by atoms with Crippen LogP contribution in [-0.2, 0) is 6.42 Å². The summed E-state index contributed by atoms with van der Waals surface area (Å²) >= 11 is 0. The minimum atomic E-state index is -3.24. The number of rotatable bonds is 11. The summed E-state index contributed by atoms with van der Waals surface area (Å²) in [6.45, 7) is -1.05. The molecule has 1 aromatic rings. The smallest absolute Gasteiger partial charge is 0.387 e. The Hall–Kier alpha value is -1.52. The lowest BCUT2D eigenvalue weighted by Crippen LogP contribution is -2.26. The van der Waals surface area contributed by atoms with E-state index in [0.717, 1.165) is 42.7 Å². The van der Waals surface area contributed by atoms with E-state index >= 15 is 0 Å². The summed E-state index contributed by atoms with van der Waals surface area (Å²) in [7, 11) is 0. The molecule has 2 aliphatic rings. The summed E-state index contributed by atoms with van der Waals surface area (Å²) < 4.78 is 56.4. The molecule has 2 fully saturated rings. The SMILES string of the molecule is CC/C=C/CCC[C@H]1CC[C@H]([C@H]2CC[C@H](CCc3cc(F)c(OC(F)F)c(F)c3)CC2)CC1. The highest BCUT2D eigenvalue weighted by atomic mass is 19.3. The Balaban J connectivity index is 1.35. The second-order valence-electron chi connectivity index (χ2n) is 10.2. The van der Waals surface area contributed by atoms with Crippen LogP contribution < -0.4 is 4.74 Å². The van der Waals surface area contributed by atoms with Gasteiger partial charge < -0.3 is 4.74 Å². The van der Waals surface area contributed by atoms with Crippen molar-refractivity contribution in [1.82, 2.24) is 0 Å². The van der Waals surface area contributed by atoms with Crippen molar-refractivity contribution >= 4 is 0 Å². The fourth-order valence-corrected chi connectivity index (χ4v) is 6.03. The van der Waals surface area contributed by atoms with Crippen molar-refractivity contribution in [3.8, 4) is 5.75 Å². The average molecular weight is 469 g/mol. The zero-order valence-electron chi connectivity index (χ0n) is 20.0. The molecule has 1 aromatic carbocycles. The van der Waals surface area contributed by atoms with Gasteiger partial charge in [-0.25, -0.2) is 8.78 Å². The number of hydrogen-bond acceptors (Lipinski definition) is 1. The Kier molecular flexibility index (Phi) is 10.6. The predicted molar refractivity (Wildman–Crippen MR) is 125 cm³/mol. The molecule has 0 unspecified atom stereocenters. The first-order valence-electron chi connectivity index (χ1n) is 13.0. The van der Waals surface area contributed by atoms with Gasteiger partial charge in [-0.3, -0.25) is 0 Å². The second kappa shape index (κ2) is 13.4.